The lowest BCUT2D eigenvalue weighted by molar-refractivity contribution is 0.0819. The minimum Gasteiger partial charge on any atom is -0.382 e. The van der Waals surface area contributed by atoms with Gasteiger partial charge < -0.3 is 10.5 Å². The van der Waals surface area contributed by atoms with Crippen molar-refractivity contribution in [2.45, 2.75) is 32.4 Å². The van der Waals surface area contributed by atoms with Crippen molar-refractivity contribution in [1.29, 1.82) is 0 Å². The Kier molecular flexibility index (Phi) is 3.73. The molecule has 1 aromatic heterocycles. The first-order valence-electron chi connectivity index (χ1n) is 6.26. The Hall–Kier alpha value is -1.33. The van der Waals surface area contributed by atoms with Gasteiger partial charge >= 0.3 is 0 Å². The van der Waals surface area contributed by atoms with Crippen LogP contribution in [-0.4, -0.2) is 24.5 Å². The monoisotopic (exact) mass is 263 g/mol. The van der Waals surface area contributed by atoms with Crippen LogP contribution in [0.25, 0.3) is 10.9 Å². The summed E-state index contributed by atoms with van der Waals surface area (Å²) >= 11 is 0. The van der Waals surface area contributed by atoms with Gasteiger partial charge in [0, 0.05) is 20.1 Å². The second kappa shape index (κ2) is 5.12. The molecule has 0 atom stereocenters. The van der Waals surface area contributed by atoms with Gasteiger partial charge in [-0.15, -0.1) is 0 Å². The molecule has 1 heterocycles. The highest BCUT2D eigenvalue weighted by molar-refractivity contribution is 6.76. The highest BCUT2D eigenvalue weighted by Gasteiger charge is 2.12. The van der Waals surface area contributed by atoms with E-state index in [4.69, 9.17) is 10.5 Å². The van der Waals surface area contributed by atoms with Crippen molar-refractivity contribution in [1.82, 2.24) is 9.78 Å². The van der Waals surface area contributed by atoms with Gasteiger partial charge in [0.25, 0.3) is 0 Å². The second-order valence-corrected chi connectivity index (χ2v) is 11.4. The van der Waals surface area contributed by atoms with E-state index in [1.54, 1.807) is 0 Å². The molecule has 0 aliphatic heterocycles. The molecule has 2 aromatic rings. The van der Waals surface area contributed by atoms with Crippen LogP contribution >= 0.6 is 0 Å². The second-order valence-electron chi connectivity index (χ2n) is 5.75. The molecule has 1 aromatic carbocycles. The predicted molar refractivity (Wildman–Crippen MR) is 78.3 cm³/mol. The average Bonchev–Trinajstić information content (AvgIpc) is 2.62. The van der Waals surface area contributed by atoms with Crippen LogP contribution in [0, 0.1) is 0 Å². The van der Waals surface area contributed by atoms with E-state index in [0.29, 0.717) is 12.5 Å². The van der Waals surface area contributed by atoms with Gasteiger partial charge in [0.05, 0.1) is 5.52 Å². The van der Waals surface area contributed by atoms with Gasteiger partial charge in [0.2, 0.25) is 0 Å². The molecule has 0 saturated heterocycles. The minimum absolute atomic E-state index is 0.474. The molecule has 2 rings (SSSR count). The summed E-state index contributed by atoms with van der Waals surface area (Å²) in [5, 5.41) is 5.30. The standard InChI is InChI=1S/C13H21N3OSi/c1-18(2,3)9-8-17-10-16-12-7-5-4-6-11(12)13(14)15-16/h4-7H,8-10H2,1-3H3,(H2,14,15). The van der Waals surface area contributed by atoms with E-state index >= 15 is 0 Å². The number of nitrogens with zero attached hydrogens (tertiary/aromatic N) is 2. The van der Waals surface area contributed by atoms with Crippen LogP contribution < -0.4 is 5.73 Å². The van der Waals surface area contributed by atoms with E-state index in [1.807, 2.05) is 28.9 Å². The summed E-state index contributed by atoms with van der Waals surface area (Å²) in [5.41, 5.74) is 6.90. The Labute approximate surface area is 109 Å². The van der Waals surface area contributed by atoms with Crippen LogP contribution in [0.3, 0.4) is 0 Å². The summed E-state index contributed by atoms with van der Waals surface area (Å²) in [5.74, 6) is 0.569. The summed E-state index contributed by atoms with van der Waals surface area (Å²) in [6.07, 6.45) is 0. The number of rotatable bonds is 5. The molecule has 4 nitrogen and oxygen atoms in total. The zero-order valence-corrected chi connectivity index (χ0v) is 12.3. The van der Waals surface area contributed by atoms with Crippen LogP contribution in [-0.2, 0) is 11.5 Å². The van der Waals surface area contributed by atoms with Gasteiger partial charge in [-0.05, 0) is 18.2 Å². The summed E-state index contributed by atoms with van der Waals surface area (Å²) in [7, 11) is -1.02. The molecule has 5 heteroatoms. The van der Waals surface area contributed by atoms with Crippen LogP contribution in [0.1, 0.15) is 0 Å². The minimum atomic E-state index is -1.02. The average molecular weight is 263 g/mol. The Morgan fingerprint density at radius 2 is 2.00 bits per heavy atom. The van der Waals surface area contributed by atoms with Crippen molar-refractivity contribution in [3.8, 4) is 0 Å². The zero-order chi connectivity index (χ0) is 13.2. The first-order valence-corrected chi connectivity index (χ1v) is 9.97. The number of anilines is 1. The zero-order valence-electron chi connectivity index (χ0n) is 11.3. The maximum atomic E-state index is 5.87. The maximum Gasteiger partial charge on any atom is 0.153 e. The maximum absolute atomic E-state index is 5.87. The van der Waals surface area contributed by atoms with Gasteiger partial charge in [0.1, 0.15) is 6.73 Å². The van der Waals surface area contributed by atoms with Crippen molar-refractivity contribution < 1.29 is 4.74 Å². The van der Waals surface area contributed by atoms with Crippen molar-refractivity contribution in [2.24, 2.45) is 0 Å². The van der Waals surface area contributed by atoms with Gasteiger partial charge in [-0.2, -0.15) is 5.10 Å². The van der Waals surface area contributed by atoms with Crippen LogP contribution in [0.15, 0.2) is 24.3 Å². The number of hydrogen-bond acceptors (Lipinski definition) is 3. The summed E-state index contributed by atoms with van der Waals surface area (Å²) in [4.78, 5) is 0. The van der Waals surface area contributed by atoms with E-state index in [9.17, 15) is 0 Å². The van der Waals surface area contributed by atoms with Crippen LogP contribution in [0.5, 0.6) is 0 Å². The number of nitrogen functional groups attached to an aromatic ring is 1. The number of nitrogens with two attached hydrogens (primary N) is 1. The van der Waals surface area contributed by atoms with Crippen molar-refractivity contribution in [3.63, 3.8) is 0 Å². The Morgan fingerprint density at radius 1 is 1.28 bits per heavy atom. The van der Waals surface area contributed by atoms with Crippen molar-refractivity contribution in [3.05, 3.63) is 24.3 Å². The Balaban J connectivity index is 2.00. The van der Waals surface area contributed by atoms with E-state index < -0.39 is 8.07 Å². The van der Waals surface area contributed by atoms with Gasteiger partial charge in [-0.3, -0.25) is 0 Å². The third-order valence-electron chi connectivity index (χ3n) is 2.90. The largest absolute Gasteiger partial charge is 0.382 e. The molecule has 98 valence electrons. The Bertz CT molecular complexity index is 531. The van der Waals surface area contributed by atoms with E-state index in [0.717, 1.165) is 17.5 Å². The third kappa shape index (κ3) is 3.11. The molecular formula is C13H21N3OSi. The number of aromatic nitrogens is 2. The Morgan fingerprint density at radius 3 is 2.72 bits per heavy atom. The molecule has 0 saturated carbocycles. The number of benzene rings is 1. The van der Waals surface area contributed by atoms with E-state index in [2.05, 4.69) is 24.7 Å². The molecular weight excluding hydrogens is 242 g/mol. The first kappa shape index (κ1) is 13.1. The molecule has 0 spiro atoms. The quantitative estimate of drug-likeness (QED) is 0.666. The van der Waals surface area contributed by atoms with E-state index in [1.165, 1.54) is 6.04 Å². The normalized spacial score (nSPS) is 12.2. The summed E-state index contributed by atoms with van der Waals surface area (Å²) < 4.78 is 7.53. The highest BCUT2D eigenvalue weighted by Crippen LogP contribution is 2.19. The number of para-hydroxylation sites is 1. The van der Waals surface area contributed by atoms with Crippen molar-refractivity contribution in [2.75, 3.05) is 12.3 Å². The van der Waals surface area contributed by atoms with Crippen LogP contribution in [0.4, 0.5) is 5.82 Å². The fraction of sp³-hybridized carbons (Fsp3) is 0.462. The number of hydrogen-bond donors (Lipinski definition) is 1. The van der Waals surface area contributed by atoms with E-state index in [-0.39, 0.29) is 0 Å². The molecule has 0 bridgehead atoms. The molecule has 0 fully saturated rings. The fourth-order valence-electron chi connectivity index (χ4n) is 1.78. The highest BCUT2D eigenvalue weighted by atomic mass is 28.3. The van der Waals surface area contributed by atoms with Gasteiger partial charge in [-0.25, -0.2) is 4.68 Å². The molecule has 0 unspecified atom stereocenters. The third-order valence-corrected chi connectivity index (χ3v) is 4.60. The summed E-state index contributed by atoms with van der Waals surface area (Å²) in [6.45, 7) is 8.30. The molecule has 2 N–H and O–H groups in total. The first-order chi connectivity index (χ1) is 8.47. The molecule has 0 radical (unpaired) electrons. The molecule has 0 aliphatic rings. The molecule has 18 heavy (non-hydrogen) atoms. The van der Waals surface area contributed by atoms with Crippen molar-refractivity contribution >= 4 is 24.8 Å². The van der Waals surface area contributed by atoms with Crippen LogP contribution in [0.2, 0.25) is 25.7 Å². The summed E-state index contributed by atoms with van der Waals surface area (Å²) in [6, 6.07) is 9.12. The lowest BCUT2D eigenvalue weighted by Crippen LogP contribution is -2.22. The topological polar surface area (TPSA) is 53.1 Å². The SMILES string of the molecule is C[Si](C)(C)CCOCn1nc(N)c2ccccc21. The van der Waals surface area contributed by atoms with Gasteiger partial charge in [0.15, 0.2) is 5.82 Å². The lowest BCUT2D eigenvalue weighted by atomic mass is 10.2. The fourth-order valence-corrected chi connectivity index (χ4v) is 2.54. The smallest absolute Gasteiger partial charge is 0.153 e. The van der Waals surface area contributed by atoms with Gasteiger partial charge in [-0.1, -0.05) is 31.8 Å². The molecule has 0 amide bonds. The number of fused-ring (bicyclic) bond motifs is 1. The lowest BCUT2D eigenvalue weighted by Gasteiger charge is -2.15. The number of ether oxygens (including phenoxy) is 1. The predicted octanol–water partition coefficient (Wildman–Crippen LogP) is 2.93. The molecule has 0 aliphatic carbocycles.